The van der Waals surface area contributed by atoms with E-state index in [2.05, 4.69) is 22.9 Å². The normalized spacial score (nSPS) is 27.7. The van der Waals surface area contributed by atoms with E-state index in [1.165, 1.54) is 11.1 Å². The molecule has 27 heavy (non-hydrogen) atoms. The summed E-state index contributed by atoms with van der Waals surface area (Å²) in [5.41, 5.74) is 1.64. The molecular formula is C21H29N3O3. The van der Waals surface area contributed by atoms with E-state index in [-0.39, 0.29) is 0 Å². The molecule has 3 heterocycles. The summed E-state index contributed by atoms with van der Waals surface area (Å²) in [6.07, 6.45) is 7.41. The zero-order valence-corrected chi connectivity index (χ0v) is 16.6. The number of aliphatic hydroxyl groups is 1. The van der Waals surface area contributed by atoms with E-state index < -0.39 is 5.60 Å². The van der Waals surface area contributed by atoms with Gasteiger partial charge in [0, 0.05) is 38.1 Å². The number of imidazole rings is 1. The average molecular weight is 371 g/mol. The molecule has 0 amide bonds. The smallest absolute Gasteiger partial charge is 0.161 e. The van der Waals surface area contributed by atoms with Gasteiger partial charge in [0.2, 0.25) is 0 Å². The molecule has 1 aromatic carbocycles. The number of methoxy groups -OCH3 is 2. The second-order valence-corrected chi connectivity index (χ2v) is 7.99. The summed E-state index contributed by atoms with van der Waals surface area (Å²) in [6.45, 7) is 2.99. The molecule has 1 aromatic heterocycles. The molecule has 146 valence electrons. The number of aromatic nitrogens is 2. The molecule has 0 spiro atoms. The molecule has 2 aromatic rings. The van der Waals surface area contributed by atoms with E-state index in [1.54, 1.807) is 20.4 Å². The molecule has 2 aliphatic rings. The fourth-order valence-corrected chi connectivity index (χ4v) is 4.96. The molecule has 0 radical (unpaired) electrons. The number of piperidine rings is 1. The number of hydrogen-bond acceptors (Lipinski definition) is 5. The van der Waals surface area contributed by atoms with Crippen LogP contribution in [0.1, 0.15) is 42.6 Å². The highest BCUT2D eigenvalue weighted by Crippen LogP contribution is 2.46. The number of rotatable bonds is 5. The lowest BCUT2D eigenvalue weighted by Gasteiger charge is -2.43. The maximum Gasteiger partial charge on any atom is 0.161 e. The maximum atomic E-state index is 11.3. The van der Waals surface area contributed by atoms with Crippen molar-refractivity contribution in [1.29, 1.82) is 0 Å². The van der Waals surface area contributed by atoms with Crippen molar-refractivity contribution in [1.82, 2.24) is 14.5 Å². The SMILES string of the molecule is COc1cc(C)c(CN2[C@H]3CC[C@H]2CC(O)(c2nccn2C)C3)cc1OC. The zero-order chi connectivity index (χ0) is 19.2. The van der Waals surface area contributed by atoms with Crippen LogP contribution < -0.4 is 9.47 Å². The molecule has 2 saturated heterocycles. The Bertz CT molecular complexity index is 818. The monoisotopic (exact) mass is 371 g/mol. The molecule has 2 fully saturated rings. The van der Waals surface area contributed by atoms with E-state index in [4.69, 9.17) is 9.47 Å². The first kappa shape index (κ1) is 18.3. The van der Waals surface area contributed by atoms with Gasteiger partial charge in [0.15, 0.2) is 11.5 Å². The van der Waals surface area contributed by atoms with Crippen molar-refractivity contribution in [2.45, 2.75) is 56.8 Å². The summed E-state index contributed by atoms with van der Waals surface area (Å²) in [5.74, 6) is 2.33. The Labute approximate surface area is 160 Å². The fourth-order valence-electron chi connectivity index (χ4n) is 4.96. The van der Waals surface area contributed by atoms with E-state index >= 15 is 0 Å². The van der Waals surface area contributed by atoms with E-state index in [0.717, 1.165) is 49.6 Å². The number of aryl methyl sites for hydroxylation is 2. The third-order valence-electron chi connectivity index (χ3n) is 6.35. The van der Waals surface area contributed by atoms with Crippen LogP contribution in [-0.2, 0) is 19.2 Å². The first-order valence-corrected chi connectivity index (χ1v) is 9.62. The Morgan fingerprint density at radius 1 is 1.15 bits per heavy atom. The maximum absolute atomic E-state index is 11.3. The van der Waals surface area contributed by atoms with Gasteiger partial charge in [-0.15, -0.1) is 0 Å². The first-order chi connectivity index (χ1) is 12.9. The quantitative estimate of drug-likeness (QED) is 0.876. The average Bonchev–Trinajstić information content (AvgIpc) is 3.18. The van der Waals surface area contributed by atoms with E-state index in [9.17, 15) is 5.11 Å². The molecule has 1 N–H and O–H groups in total. The highest BCUT2D eigenvalue weighted by Gasteiger charge is 2.49. The summed E-state index contributed by atoms with van der Waals surface area (Å²) in [4.78, 5) is 7.00. The number of hydrogen-bond donors (Lipinski definition) is 1. The number of nitrogens with zero attached hydrogens (tertiary/aromatic N) is 3. The van der Waals surface area contributed by atoms with Crippen LogP contribution in [0.2, 0.25) is 0 Å². The van der Waals surface area contributed by atoms with Gasteiger partial charge in [0.25, 0.3) is 0 Å². The van der Waals surface area contributed by atoms with Crippen LogP contribution in [0.4, 0.5) is 0 Å². The Morgan fingerprint density at radius 2 is 1.78 bits per heavy atom. The highest BCUT2D eigenvalue weighted by atomic mass is 16.5. The van der Waals surface area contributed by atoms with E-state index in [1.807, 2.05) is 23.9 Å². The van der Waals surface area contributed by atoms with Gasteiger partial charge in [-0.05, 0) is 55.9 Å². The highest BCUT2D eigenvalue weighted by molar-refractivity contribution is 5.47. The summed E-state index contributed by atoms with van der Waals surface area (Å²) >= 11 is 0. The van der Waals surface area contributed by atoms with Crippen molar-refractivity contribution in [2.75, 3.05) is 14.2 Å². The predicted octanol–water partition coefficient (Wildman–Crippen LogP) is 2.76. The van der Waals surface area contributed by atoms with Crippen LogP contribution in [0.3, 0.4) is 0 Å². The van der Waals surface area contributed by atoms with Crippen molar-refractivity contribution in [3.63, 3.8) is 0 Å². The van der Waals surface area contributed by atoms with Crippen molar-refractivity contribution >= 4 is 0 Å². The van der Waals surface area contributed by atoms with Gasteiger partial charge in [-0.25, -0.2) is 4.98 Å². The van der Waals surface area contributed by atoms with Gasteiger partial charge in [-0.2, -0.15) is 0 Å². The minimum atomic E-state index is -0.826. The summed E-state index contributed by atoms with van der Waals surface area (Å²) in [6, 6.07) is 4.88. The van der Waals surface area contributed by atoms with Crippen molar-refractivity contribution in [3.8, 4) is 11.5 Å². The Morgan fingerprint density at radius 3 is 2.33 bits per heavy atom. The van der Waals surface area contributed by atoms with Crippen LogP contribution in [0.5, 0.6) is 11.5 Å². The molecule has 6 heteroatoms. The summed E-state index contributed by atoms with van der Waals surface area (Å²) in [5, 5.41) is 11.3. The van der Waals surface area contributed by atoms with Gasteiger partial charge in [-0.1, -0.05) is 0 Å². The van der Waals surface area contributed by atoms with Gasteiger partial charge in [0.05, 0.1) is 14.2 Å². The van der Waals surface area contributed by atoms with Crippen molar-refractivity contribution < 1.29 is 14.6 Å². The van der Waals surface area contributed by atoms with Gasteiger partial charge < -0.3 is 19.1 Å². The molecular weight excluding hydrogens is 342 g/mol. The number of fused-ring (bicyclic) bond motifs is 2. The van der Waals surface area contributed by atoms with Crippen LogP contribution in [0, 0.1) is 6.92 Å². The van der Waals surface area contributed by atoms with Gasteiger partial charge >= 0.3 is 0 Å². The van der Waals surface area contributed by atoms with E-state index in [0.29, 0.717) is 12.1 Å². The van der Waals surface area contributed by atoms with Gasteiger partial charge in [-0.3, -0.25) is 4.90 Å². The lowest BCUT2D eigenvalue weighted by molar-refractivity contribution is -0.0670. The molecule has 0 saturated carbocycles. The molecule has 2 atom stereocenters. The second-order valence-electron chi connectivity index (χ2n) is 7.99. The van der Waals surface area contributed by atoms with Crippen LogP contribution in [-0.4, -0.2) is 45.9 Å². The molecule has 0 aliphatic carbocycles. The zero-order valence-electron chi connectivity index (χ0n) is 16.6. The molecule has 2 aliphatic heterocycles. The second kappa shape index (κ2) is 6.84. The summed E-state index contributed by atoms with van der Waals surface area (Å²) in [7, 11) is 5.30. The van der Waals surface area contributed by atoms with Gasteiger partial charge in [0.1, 0.15) is 11.4 Å². The Balaban J connectivity index is 1.57. The topological polar surface area (TPSA) is 59.8 Å². The van der Waals surface area contributed by atoms with Crippen molar-refractivity contribution in [3.05, 3.63) is 41.5 Å². The van der Waals surface area contributed by atoms with Crippen molar-refractivity contribution in [2.24, 2.45) is 7.05 Å². The Kier molecular flexibility index (Phi) is 4.64. The first-order valence-electron chi connectivity index (χ1n) is 9.62. The third kappa shape index (κ3) is 3.11. The standard InChI is InChI=1S/C21H29N3O3/c1-14-9-18(26-3)19(27-4)10-15(14)13-24-16-5-6-17(24)12-21(25,11-16)20-22-7-8-23(20)2/h7-10,16-17,25H,5-6,11-13H2,1-4H3/t16-,17-/m0/s1. The molecule has 4 rings (SSSR count). The molecule has 0 unspecified atom stereocenters. The third-order valence-corrected chi connectivity index (χ3v) is 6.35. The minimum Gasteiger partial charge on any atom is -0.493 e. The number of ether oxygens (including phenoxy) is 2. The van der Waals surface area contributed by atoms with Crippen LogP contribution in [0.25, 0.3) is 0 Å². The number of benzene rings is 1. The largest absolute Gasteiger partial charge is 0.493 e. The summed E-state index contributed by atoms with van der Waals surface area (Å²) < 4.78 is 12.9. The lowest BCUT2D eigenvalue weighted by Crippen LogP contribution is -2.50. The van der Waals surface area contributed by atoms with Crippen LogP contribution in [0.15, 0.2) is 24.5 Å². The lowest BCUT2D eigenvalue weighted by atomic mass is 9.85. The molecule has 6 nitrogen and oxygen atoms in total. The Hall–Kier alpha value is -2.05. The molecule has 2 bridgehead atoms. The predicted molar refractivity (Wildman–Crippen MR) is 103 cm³/mol. The minimum absolute atomic E-state index is 0.373. The van der Waals surface area contributed by atoms with Crippen LogP contribution >= 0.6 is 0 Å². The fraction of sp³-hybridized carbons (Fsp3) is 0.571.